The van der Waals surface area contributed by atoms with Gasteiger partial charge < -0.3 is 9.32 Å². The maximum Gasteiger partial charge on any atom is 0.159 e. The van der Waals surface area contributed by atoms with Crippen LogP contribution in [0, 0.1) is 0 Å². The van der Waals surface area contributed by atoms with Gasteiger partial charge in [0.05, 0.1) is 5.69 Å². The van der Waals surface area contributed by atoms with Gasteiger partial charge in [0.1, 0.15) is 5.58 Å². The Morgan fingerprint density at radius 2 is 0.737 bits per heavy atom. The summed E-state index contributed by atoms with van der Waals surface area (Å²) in [6, 6.07) is 69.0. The molecule has 3 heteroatoms. The third kappa shape index (κ3) is 4.40. The van der Waals surface area contributed by atoms with Crippen molar-refractivity contribution in [1.82, 2.24) is 0 Å². The molecule has 13 aromatic rings. The van der Waals surface area contributed by atoms with E-state index in [9.17, 15) is 0 Å². The minimum atomic E-state index is 0.877. The van der Waals surface area contributed by atoms with Gasteiger partial charge in [-0.05, 0) is 119 Å². The van der Waals surface area contributed by atoms with Crippen LogP contribution in [0.15, 0.2) is 192 Å². The maximum atomic E-state index is 6.75. The fraction of sp³-hybridized carbons (Fsp3) is 0. The smallest absolute Gasteiger partial charge is 0.159 e. The lowest BCUT2D eigenvalue weighted by Crippen LogP contribution is -2.10. The number of nitrogens with zero attached hydrogens (tertiary/aromatic N) is 1. The quantitative estimate of drug-likeness (QED) is 0.168. The van der Waals surface area contributed by atoms with Crippen molar-refractivity contribution in [2.75, 3.05) is 4.90 Å². The van der Waals surface area contributed by atoms with Crippen molar-refractivity contribution in [3.05, 3.63) is 188 Å². The zero-order valence-electron chi connectivity index (χ0n) is 30.7. The first-order valence-corrected chi connectivity index (χ1v) is 20.3. The van der Waals surface area contributed by atoms with E-state index in [0.29, 0.717) is 0 Å². The first-order chi connectivity index (χ1) is 28.3. The lowest BCUT2D eigenvalue weighted by Gasteiger charge is -2.26. The van der Waals surface area contributed by atoms with Crippen molar-refractivity contribution in [2.45, 2.75) is 0 Å². The molecule has 0 atom stereocenters. The number of thiophene rings is 1. The van der Waals surface area contributed by atoms with Crippen LogP contribution in [-0.4, -0.2) is 0 Å². The molecule has 0 bridgehead atoms. The largest absolute Gasteiger partial charge is 0.454 e. The summed E-state index contributed by atoms with van der Waals surface area (Å²) in [5, 5.41) is 20.1. The Bertz CT molecular complexity index is 3800. The number of rotatable bonds is 3. The van der Waals surface area contributed by atoms with Gasteiger partial charge in [-0.3, -0.25) is 0 Å². The van der Waals surface area contributed by atoms with Crippen molar-refractivity contribution in [2.24, 2.45) is 0 Å². The molecule has 264 valence electrons. The molecule has 0 aliphatic carbocycles. The Hall–Kier alpha value is -7.20. The lowest BCUT2D eigenvalue weighted by atomic mass is 9.93. The topological polar surface area (TPSA) is 16.4 Å². The molecule has 0 radical (unpaired) electrons. The SMILES string of the molecule is c1ccc2c(c1)oc1c(N(c3ccc4sc5cc6c7ccccc7c7ccccc7c6cc5c4c3)c3ccc4c5ccccc5c5ccccc5c4c3)cccc12. The van der Waals surface area contributed by atoms with Gasteiger partial charge in [-0.1, -0.05) is 133 Å². The molecule has 0 aliphatic heterocycles. The van der Waals surface area contributed by atoms with Crippen LogP contribution >= 0.6 is 11.3 Å². The Kier molecular flexibility index (Phi) is 6.35. The second kappa shape index (κ2) is 11.7. The van der Waals surface area contributed by atoms with Gasteiger partial charge in [-0.15, -0.1) is 11.3 Å². The van der Waals surface area contributed by atoms with Crippen LogP contribution in [0.1, 0.15) is 0 Å². The van der Waals surface area contributed by atoms with Gasteiger partial charge in [0.2, 0.25) is 0 Å². The van der Waals surface area contributed by atoms with E-state index in [-0.39, 0.29) is 0 Å². The van der Waals surface area contributed by atoms with Crippen LogP contribution in [0.5, 0.6) is 0 Å². The first-order valence-electron chi connectivity index (χ1n) is 19.5. The summed E-state index contributed by atoms with van der Waals surface area (Å²) < 4.78 is 9.32. The highest BCUT2D eigenvalue weighted by atomic mass is 32.1. The van der Waals surface area contributed by atoms with Crippen molar-refractivity contribution < 1.29 is 4.42 Å². The second-order valence-electron chi connectivity index (χ2n) is 15.2. The molecule has 57 heavy (non-hydrogen) atoms. The lowest BCUT2D eigenvalue weighted by molar-refractivity contribution is 0.669. The second-order valence-corrected chi connectivity index (χ2v) is 16.3. The molecular weight excluding hydrogens is 711 g/mol. The summed E-state index contributed by atoms with van der Waals surface area (Å²) in [5.41, 5.74) is 4.94. The van der Waals surface area contributed by atoms with Gasteiger partial charge in [0, 0.05) is 42.3 Å². The maximum absolute atomic E-state index is 6.75. The molecule has 0 amide bonds. The molecule has 13 rings (SSSR count). The van der Waals surface area contributed by atoms with Gasteiger partial charge in [-0.2, -0.15) is 0 Å². The highest BCUT2D eigenvalue weighted by molar-refractivity contribution is 7.25. The van der Waals surface area contributed by atoms with E-state index in [4.69, 9.17) is 4.42 Å². The molecule has 0 N–H and O–H groups in total. The van der Waals surface area contributed by atoms with Crippen LogP contribution in [0.2, 0.25) is 0 Å². The van der Waals surface area contributed by atoms with Crippen molar-refractivity contribution in [1.29, 1.82) is 0 Å². The number of hydrogen-bond donors (Lipinski definition) is 0. The van der Waals surface area contributed by atoms with Crippen molar-refractivity contribution >= 4 is 135 Å². The standard InChI is InChI=1S/C54H31NOS/c1-2-16-38-34(12-1)35-13-3-6-17-39(35)45-28-32(24-26-42(38)45)55(50-22-11-21-44-43-20-9-10-23-51(43)56-54(44)50)33-25-27-52-48(29-33)49-30-46-40-18-7-4-14-36(40)37-15-5-8-19-41(37)47(46)31-53(49)57-52/h1-31H. The van der Waals surface area contributed by atoms with Gasteiger partial charge in [-0.25, -0.2) is 0 Å². The van der Waals surface area contributed by atoms with E-state index in [0.717, 1.165) is 39.0 Å². The Morgan fingerprint density at radius 1 is 0.298 bits per heavy atom. The number of furan rings is 1. The van der Waals surface area contributed by atoms with E-state index in [1.807, 2.05) is 17.4 Å². The summed E-state index contributed by atoms with van der Waals surface area (Å²) in [5.74, 6) is 0. The molecule has 2 aromatic heterocycles. The van der Waals surface area contributed by atoms with Crippen LogP contribution in [0.3, 0.4) is 0 Å². The Balaban J connectivity index is 1.11. The van der Waals surface area contributed by atoms with E-state index in [2.05, 4.69) is 187 Å². The summed E-state index contributed by atoms with van der Waals surface area (Å²) in [6.07, 6.45) is 0. The van der Waals surface area contributed by atoms with Crippen LogP contribution in [-0.2, 0) is 0 Å². The van der Waals surface area contributed by atoms with Gasteiger partial charge in [0.15, 0.2) is 5.58 Å². The third-order valence-corrected chi connectivity index (χ3v) is 13.3. The van der Waals surface area contributed by atoms with E-state index in [1.54, 1.807) is 0 Å². The van der Waals surface area contributed by atoms with E-state index in [1.165, 1.54) is 84.8 Å². The minimum Gasteiger partial charge on any atom is -0.454 e. The van der Waals surface area contributed by atoms with Crippen LogP contribution < -0.4 is 4.90 Å². The molecule has 2 nitrogen and oxygen atoms in total. The predicted molar refractivity (Wildman–Crippen MR) is 246 cm³/mol. The predicted octanol–water partition coefficient (Wildman–Crippen LogP) is 16.3. The zero-order valence-corrected chi connectivity index (χ0v) is 31.5. The van der Waals surface area contributed by atoms with Crippen LogP contribution in [0.4, 0.5) is 17.1 Å². The summed E-state index contributed by atoms with van der Waals surface area (Å²) in [6.45, 7) is 0. The molecule has 0 aliphatic rings. The number of benzene rings is 11. The fourth-order valence-corrected chi connectivity index (χ4v) is 10.8. The Labute approximate surface area is 331 Å². The van der Waals surface area contributed by atoms with Crippen molar-refractivity contribution in [3.63, 3.8) is 0 Å². The minimum absolute atomic E-state index is 0.877. The molecule has 0 saturated heterocycles. The molecule has 11 aromatic carbocycles. The first kappa shape index (κ1) is 31.1. The summed E-state index contributed by atoms with van der Waals surface area (Å²) in [4.78, 5) is 2.40. The Morgan fingerprint density at radius 3 is 1.35 bits per heavy atom. The number of hydrogen-bond acceptors (Lipinski definition) is 3. The number of anilines is 3. The number of para-hydroxylation sites is 2. The van der Waals surface area contributed by atoms with Gasteiger partial charge >= 0.3 is 0 Å². The zero-order chi connectivity index (χ0) is 37.2. The molecule has 0 fully saturated rings. The molecule has 0 unspecified atom stereocenters. The van der Waals surface area contributed by atoms with E-state index < -0.39 is 0 Å². The van der Waals surface area contributed by atoms with Crippen LogP contribution in [0.25, 0.3) is 107 Å². The fourth-order valence-electron chi connectivity index (χ4n) is 9.67. The summed E-state index contributed by atoms with van der Waals surface area (Å²) in [7, 11) is 0. The molecule has 0 saturated carbocycles. The molecule has 2 heterocycles. The highest BCUT2D eigenvalue weighted by Crippen LogP contribution is 2.47. The average molecular weight is 742 g/mol. The van der Waals surface area contributed by atoms with Crippen molar-refractivity contribution in [3.8, 4) is 0 Å². The van der Waals surface area contributed by atoms with E-state index >= 15 is 0 Å². The van der Waals surface area contributed by atoms with Gasteiger partial charge in [0.25, 0.3) is 0 Å². The molecular formula is C54H31NOS. The third-order valence-electron chi connectivity index (χ3n) is 12.2. The average Bonchev–Trinajstić information content (AvgIpc) is 3.84. The molecule has 0 spiro atoms. The normalized spacial score (nSPS) is 12.2. The summed E-state index contributed by atoms with van der Waals surface area (Å²) >= 11 is 1.88. The monoisotopic (exact) mass is 741 g/mol. The highest BCUT2D eigenvalue weighted by Gasteiger charge is 2.22. The number of fused-ring (bicyclic) bond motifs is 18.